The van der Waals surface area contributed by atoms with Gasteiger partial charge in [-0.05, 0) is 38.2 Å². The molecule has 4 heteroatoms. The predicted molar refractivity (Wildman–Crippen MR) is 63.3 cm³/mol. The molecule has 0 atom stereocenters. The fourth-order valence-corrected chi connectivity index (χ4v) is 1.68. The first-order chi connectivity index (χ1) is 7.51. The zero-order valence-electron chi connectivity index (χ0n) is 10.5. The van der Waals surface area contributed by atoms with E-state index in [4.69, 9.17) is 9.47 Å². The highest BCUT2D eigenvalue weighted by atomic mass is 16.5. The molecule has 1 rings (SSSR count). The summed E-state index contributed by atoms with van der Waals surface area (Å²) < 4.78 is 10.3. The van der Waals surface area contributed by atoms with Gasteiger partial charge in [0.15, 0.2) is 11.5 Å². The van der Waals surface area contributed by atoms with Crippen molar-refractivity contribution in [2.75, 3.05) is 28.3 Å². The van der Waals surface area contributed by atoms with E-state index in [2.05, 4.69) is 4.90 Å². The average Bonchev–Trinajstić information content (AvgIpc) is 2.22. The second kappa shape index (κ2) is 5.07. The molecule has 0 spiro atoms. The summed E-state index contributed by atoms with van der Waals surface area (Å²) in [7, 11) is 7.06. The zero-order chi connectivity index (χ0) is 12.3. The van der Waals surface area contributed by atoms with Gasteiger partial charge in [-0.2, -0.15) is 0 Å². The minimum atomic E-state index is 0.0602. The molecule has 0 unspecified atom stereocenters. The first kappa shape index (κ1) is 12.6. The van der Waals surface area contributed by atoms with Crippen LogP contribution in [0, 0.1) is 6.92 Å². The van der Waals surface area contributed by atoms with Crippen molar-refractivity contribution >= 4 is 0 Å². The van der Waals surface area contributed by atoms with Crippen molar-refractivity contribution < 1.29 is 14.6 Å². The third kappa shape index (κ3) is 2.39. The normalized spacial score (nSPS) is 10.6. The van der Waals surface area contributed by atoms with Gasteiger partial charge >= 0.3 is 0 Å². The molecule has 0 aliphatic rings. The molecule has 0 radical (unpaired) electrons. The highest BCUT2D eigenvalue weighted by Gasteiger charge is 2.16. The van der Waals surface area contributed by atoms with E-state index in [-0.39, 0.29) is 5.75 Å². The molecular weight excluding hydrogens is 206 g/mol. The number of ether oxygens (including phenoxy) is 2. The van der Waals surface area contributed by atoms with Gasteiger partial charge in [-0.15, -0.1) is 0 Å². The van der Waals surface area contributed by atoms with Crippen LogP contribution in [0.4, 0.5) is 0 Å². The number of methoxy groups -OCH3 is 2. The SMILES string of the molecule is COc1cc(CN(C)C)c(C)c(OC)c1O. The molecule has 0 amide bonds. The minimum Gasteiger partial charge on any atom is -0.502 e. The van der Waals surface area contributed by atoms with E-state index in [1.807, 2.05) is 27.1 Å². The lowest BCUT2D eigenvalue weighted by atomic mass is 10.1. The Bertz CT molecular complexity index is 375. The van der Waals surface area contributed by atoms with Crippen molar-refractivity contribution in [3.05, 3.63) is 17.2 Å². The fourth-order valence-electron chi connectivity index (χ4n) is 1.68. The van der Waals surface area contributed by atoms with Gasteiger partial charge in [0.1, 0.15) is 0 Å². The van der Waals surface area contributed by atoms with Gasteiger partial charge in [-0.25, -0.2) is 0 Å². The second-order valence-electron chi connectivity index (χ2n) is 3.98. The Morgan fingerprint density at radius 2 is 1.88 bits per heavy atom. The summed E-state index contributed by atoms with van der Waals surface area (Å²) in [6.07, 6.45) is 0. The van der Waals surface area contributed by atoms with Crippen LogP contribution in [0.25, 0.3) is 0 Å². The molecule has 0 bridgehead atoms. The summed E-state index contributed by atoms with van der Waals surface area (Å²) in [4.78, 5) is 2.05. The molecule has 1 N–H and O–H groups in total. The van der Waals surface area contributed by atoms with E-state index in [0.29, 0.717) is 11.5 Å². The fraction of sp³-hybridized carbons (Fsp3) is 0.500. The number of nitrogens with zero attached hydrogens (tertiary/aromatic N) is 1. The Morgan fingerprint density at radius 3 is 2.31 bits per heavy atom. The summed E-state index contributed by atoms with van der Waals surface area (Å²) in [6.45, 7) is 2.70. The van der Waals surface area contributed by atoms with Gasteiger partial charge < -0.3 is 19.5 Å². The zero-order valence-corrected chi connectivity index (χ0v) is 10.5. The van der Waals surface area contributed by atoms with Crippen molar-refractivity contribution in [2.45, 2.75) is 13.5 Å². The predicted octanol–water partition coefficient (Wildman–Crippen LogP) is 1.78. The maximum Gasteiger partial charge on any atom is 0.201 e. The summed E-state index contributed by atoms with van der Waals surface area (Å²) in [5, 5.41) is 9.86. The molecule has 0 saturated carbocycles. The largest absolute Gasteiger partial charge is 0.502 e. The lowest BCUT2D eigenvalue weighted by Crippen LogP contribution is -2.12. The quantitative estimate of drug-likeness (QED) is 0.848. The van der Waals surface area contributed by atoms with E-state index < -0.39 is 0 Å². The summed E-state index contributed by atoms with van der Waals surface area (Å²) in [6, 6.07) is 1.84. The van der Waals surface area contributed by atoms with E-state index in [0.717, 1.165) is 17.7 Å². The van der Waals surface area contributed by atoms with Crippen molar-refractivity contribution in [1.82, 2.24) is 4.90 Å². The average molecular weight is 225 g/mol. The topological polar surface area (TPSA) is 41.9 Å². The Balaban J connectivity index is 3.28. The van der Waals surface area contributed by atoms with Crippen LogP contribution in [0.15, 0.2) is 6.07 Å². The Hall–Kier alpha value is -1.42. The number of benzene rings is 1. The van der Waals surface area contributed by atoms with E-state index >= 15 is 0 Å². The third-order valence-electron chi connectivity index (χ3n) is 2.49. The standard InChI is InChI=1S/C12H19NO3/c1-8-9(7-13(2)3)6-10(15-4)11(14)12(8)16-5/h6,14H,7H2,1-5H3. The van der Waals surface area contributed by atoms with Crippen LogP contribution in [-0.4, -0.2) is 38.3 Å². The van der Waals surface area contributed by atoms with Crippen LogP contribution in [0.3, 0.4) is 0 Å². The number of phenols is 1. The maximum atomic E-state index is 9.86. The summed E-state index contributed by atoms with van der Waals surface area (Å²) in [5.41, 5.74) is 2.02. The van der Waals surface area contributed by atoms with E-state index in [9.17, 15) is 5.11 Å². The van der Waals surface area contributed by atoms with Gasteiger partial charge in [0.2, 0.25) is 5.75 Å². The van der Waals surface area contributed by atoms with Crippen molar-refractivity contribution in [3.63, 3.8) is 0 Å². The van der Waals surface area contributed by atoms with Crippen LogP contribution in [-0.2, 0) is 6.54 Å². The van der Waals surface area contributed by atoms with Crippen molar-refractivity contribution in [3.8, 4) is 17.2 Å². The second-order valence-corrected chi connectivity index (χ2v) is 3.98. The highest BCUT2D eigenvalue weighted by Crippen LogP contribution is 2.40. The summed E-state index contributed by atoms with van der Waals surface area (Å²) in [5.74, 6) is 0.987. The number of hydrogen-bond donors (Lipinski definition) is 1. The molecule has 4 nitrogen and oxygen atoms in total. The molecule has 1 aromatic rings. The lowest BCUT2D eigenvalue weighted by molar-refractivity contribution is 0.334. The van der Waals surface area contributed by atoms with E-state index in [1.165, 1.54) is 7.11 Å². The van der Waals surface area contributed by atoms with Gasteiger partial charge in [0, 0.05) is 6.54 Å². The molecule has 0 aromatic heterocycles. The molecule has 0 aliphatic heterocycles. The first-order valence-corrected chi connectivity index (χ1v) is 5.09. The van der Waals surface area contributed by atoms with E-state index in [1.54, 1.807) is 7.11 Å². The number of rotatable bonds is 4. The number of hydrogen-bond acceptors (Lipinski definition) is 4. The summed E-state index contributed by atoms with van der Waals surface area (Å²) >= 11 is 0. The van der Waals surface area contributed by atoms with Crippen molar-refractivity contribution in [1.29, 1.82) is 0 Å². The number of phenolic OH excluding ortho intramolecular Hbond substituents is 1. The van der Waals surface area contributed by atoms with Crippen LogP contribution in [0.1, 0.15) is 11.1 Å². The van der Waals surface area contributed by atoms with Crippen LogP contribution >= 0.6 is 0 Å². The molecule has 1 aromatic carbocycles. The molecule has 0 saturated heterocycles. The minimum absolute atomic E-state index is 0.0602. The molecule has 0 heterocycles. The van der Waals surface area contributed by atoms with Gasteiger partial charge in [0.05, 0.1) is 14.2 Å². The Labute approximate surface area is 96.4 Å². The molecule has 0 aliphatic carbocycles. The van der Waals surface area contributed by atoms with Crippen molar-refractivity contribution in [2.24, 2.45) is 0 Å². The Morgan fingerprint density at radius 1 is 1.25 bits per heavy atom. The molecule has 0 fully saturated rings. The molecule has 16 heavy (non-hydrogen) atoms. The van der Waals surface area contributed by atoms with Gasteiger partial charge in [0.25, 0.3) is 0 Å². The van der Waals surface area contributed by atoms with Crippen LogP contribution < -0.4 is 9.47 Å². The Kier molecular flexibility index (Phi) is 4.01. The van der Waals surface area contributed by atoms with Gasteiger partial charge in [-0.1, -0.05) is 0 Å². The number of aromatic hydroxyl groups is 1. The van der Waals surface area contributed by atoms with Crippen LogP contribution in [0.5, 0.6) is 17.2 Å². The smallest absolute Gasteiger partial charge is 0.201 e. The molecule has 90 valence electrons. The maximum absolute atomic E-state index is 9.86. The monoisotopic (exact) mass is 225 g/mol. The third-order valence-corrected chi connectivity index (χ3v) is 2.49. The highest BCUT2D eigenvalue weighted by molar-refractivity contribution is 5.57. The van der Waals surface area contributed by atoms with Gasteiger partial charge in [-0.3, -0.25) is 0 Å². The first-order valence-electron chi connectivity index (χ1n) is 5.09. The lowest BCUT2D eigenvalue weighted by Gasteiger charge is -2.17. The van der Waals surface area contributed by atoms with Crippen LogP contribution in [0.2, 0.25) is 0 Å². The molecular formula is C12H19NO3.